The van der Waals surface area contributed by atoms with Gasteiger partial charge in [0, 0.05) is 12.6 Å². The first-order valence-corrected chi connectivity index (χ1v) is 6.38. The van der Waals surface area contributed by atoms with E-state index in [2.05, 4.69) is 6.92 Å². The summed E-state index contributed by atoms with van der Waals surface area (Å²) in [4.78, 5) is 13.9. The van der Waals surface area contributed by atoms with Crippen LogP contribution < -0.4 is 0 Å². The molecule has 2 aliphatic rings. The summed E-state index contributed by atoms with van der Waals surface area (Å²) in [6.07, 6.45) is 3.77. The second kappa shape index (κ2) is 3.94. The number of carbonyl (C=O) groups excluding carboxylic acids is 1. The number of carbonyl (C=O) groups is 1. The van der Waals surface area contributed by atoms with E-state index in [-0.39, 0.29) is 11.7 Å². The van der Waals surface area contributed by atoms with Crippen molar-refractivity contribution in [3.8, 4) is 0 Å². The van der Waals surface area contributed by atoms with Gasteiger partial charge in [-0.2, -0.15) is 0 Å². The molecule has 1 heterocycles. The van der Waals surface area contributed by atoms with Crippen LogP contribution in [0.1, 0.15) is 47.0 Å². The second-order valence-corrected chi connectivity index (χ2v) is 6.23. The molecule has 0 radical (unpaired) electrons. The zero-order chi connectivity index (χ0) is 11.9. The molecule has 0 aromatic heterocycles. The largest absolute Gasteiger partial charge is 0.444 e. The first-order chi connectivity index (χ1) is 7.38. The number of rotatable bonds is 0. The molecule has 1 aliphatic heterocycles. The van der Waals surface area contributed by atoms with E-state index >= 15 is 0 Å². The second-order valence-electron chi connectivity index (χ2n) is 6.23. The molecular weight excluding hydrogens is 202 g/mol. The van der Waals surface area contributed by atoms with E-state index < -0.39 is 0 Å². The molecule has 2 fully saturated rings. The van der Waals surface area contributed by atoms with Crippen molar-refractivity contribution in [3.05, 3.63) is 0 Å². The third kappa shape index (κ3) is 2.18. The zero-order valence-electron chi connectivity index (χ0n) is 10.8. The quantitative estimate of drug-likeness (QED) is 0.634. The number of likely N-dealkylation sites (tertiary alicyclic amines) is 1. The van der Waals surface area contributed by atoms with Gasteiger partial charge in [0.25, 0.3) is 0 Å². The summed E-state index contributed by atoms with van der Waals surface area (Å²) >= 11 is 0. The third-order valence-corrected chi connectivity index (χ3v) is 3.89. The highest BCUT2D eigenvalue weighted by Crippen LogP contribution is 2.42. The molecule has 1 unspecified atom stereocenters. The van der Waals surface area contributed by atoms with Gasteiger partial charge in [-0.3, -0.25) is 0 Å². The Morgan fingerprint density at radius 3 is 2.56 bits per heavy atom. The highest BCUT2D eigenvalue weighted by Gasteiger charge is 2.44. The van der Waals surface area contributed by atoms with Crippen molar-refractivity contribution in [2.24, 2.45) is 11.8 Å². The number of ether oxygens (including phenoxy) is 1. The Kier molecular flexibility index (Phi) is 2.89. The summed E-state index contributed by atoms with van der Waals surface area (Å²) in [6.45, 7) is 8.84. The molecule has 0 N–H and O–H groups in total. The van der Waals surface area contributed by atoms with Gasteiger partial charge in [0.1, 0.15) is 5.60 Å². The summed E-state index contributed by atoms with van der Waals surface area (Å²) in [7, 11) is 0. The van der Waals surface area contributed by atoms with Crippen LogP contribution in [0.15, 0.2) is 0 Å². The Labute approximate surface area is 98.1 Å². The number of fused-ring (bicyclic) bond motifs is 1. The lowest BCUT2D eigenvalue weighted by Gasteiger charge is -2.28. The van der Waals surface area contributed by atoms with Crippen LogP contribution in [-0.2, 0) is 4.74 Å². The smallest absolute Gasteiger partial charge is 0.410 e. The van der Waals surface area contributed by atoms with Crippen LogP contribution in [0.25, 0.3) is 0 Å². The Hall–Kier alpha value is -0.730. The molecular formula is C13H23NO2. The molecule has 1 amide bonds. The molecule has 3 atom stereocenters. The maximum atomic E-state index is 12.0. The van der Waals surface area contributed by atoms with Gasteiger partial charge in [0.2, 0.25) is 0 Å². The Balaban J connectivity index is 1.99. The molecule has 92 valence electrons. The van der Waals surface area contributed by atoms with Crippen LogP contribution in [0.4, 0.5) is 4.79 Å². The molecule has 0 aromatic rings. The minimum absolute atomic E-state index is 0.130. The highest BCUT2D eigenvalue weighted by atomic mass is 16.6. The van der Waals surface area contributed by atoms with E-state index in [9.17, 15) is 4.79 Å². The first-order valence-electron chi connectivity index (χ1n) is 6.38. The van der Waals surface area contributed by atoms with Gasteiger partial charge in [-0.05, 0) is 52.4 Å². The minimum Gasteiger partial charge on any atom is -0.444 e. The van der Waals surface area contributed by atoms with E-state index in [1.807, 2.05) is 25.7 Å². The summed E-state index contributed by atoms with van der Waals surface area (Å²) in [5.41, 5.74) is -0.380. The molecule has 3 heteroatoms. The monoisotopic (exact) mass is 225 g/mol. The van der Waals surface area contributed by atoms with Crippen molar-refractivity contribution >= 4 is 6.09 Å². The maximum Gasteiger partial charge on any atom is 0.410 e. The number of hydrogen-bond donors (Lipinski definition) is 0. The van der Waals surface area contributed by atoms with E-state index in [1.165, 1.54) is 19.3 Å². The van der Waals surface area contributed by atoms with E-state index in [4.69, 9.17) is 4.74 Å². The van der Waals surface area contributed by atoms with E-state index in [1.54, 1.807) is 0 Å². The standard InChI is InChI=1S/C13H23NO2/c1-9-11-7-5-6-10(11)8-14(9)12(15)16-13(2,3)4/h9-11H,5-8H2,1-4H3/t9?,10-,11+/m0/s1. The van der Waals surface area contributed by atoms with E-state index in [0.717, 1.165) is 12.5 Å². The third-order valence-electron chi connectivity index (χ3n) is 3.89. The average Bonchev–Trinajstić information content (AvgIpc) is 2.66. The normalized spacial score (nSPS) is 34.0. The van der Waals surface area contributed by atoms with Crippen molar-refractivity contribution < 1.29 is 9.53 Å². The summed E-state index contributed by atoms with van der Waals surface area (Å²) in [5.74, 6) is 1.44. The van der Waals surface area contributed by atoms with Crippen molar-refractivity contribution in [2.75, 3.05) is 6.54 Å². The molecule has 16 heavy (non-hydrogen) atoms. The topological polar surface area (TPSA) is 29.5 Å². The molecule has 0 aromatic carbocycles. The fraction of sp³-hybridized carbons (Fsp3) is 0.923. The molecule has 0 spiro atoms. The van der Waals surface area contributed by atoms with Crippen molar-refractivity contribution in [2.45, 2.75) is 58.6 Å². The average molecular weight is 225 g/mol. The van der Waals surface area contributed by atoms with Gasteiger partial charge in [-0.1, -0.05) is 6.42 Å². The van der Waals surface area contributed by atoms with Crippen LogP contribution in [0.3, 0.4) is 0 Å². The number of hydrogen-bond acceptors (Lipinski definition) is 2. The fourth-order valence-corrected chi connectivity index (χ4v) is 3.14. The lowest BCUT2D eigenvalue weighted by atomic mass is 9.95. The maximum absolute atomic E-state index is 12.0. The lowest BCUT2D eigenvalue weighted by Crippen LogP contribution is -2.40. The SMILES string of the molecule is CC1[C@H]2CCC[C@H]2CN1C(=O)OC(C)(C)C. The van der Waals surface area contributed by atoms with Crippen molar-refractivity contribution in [3.63, 3.8) is 0 Å². The predicted molar refractivity (Wildman–Crippen MR) is 63.2 cm³/mol. The van der Waals surface area contributed by atoms with Gasteiger partial charge in [-0.25, -0.2) is 4.79 Å². The van der Waals surface area contributed by atoms with Crippen LogP contribution in [0.2, 0.25) is 0 Å². The van der Waals surface area contributed by atoms with Crippen molar-refractivity contribution in [1.29, 1.82) is 0 Å². The Morgan fingerprint density at radius 2 is 2.00 bits per heavy atom. The predicted octanol–water partition coefficient (Wildman–Crippen LogP) is 3.04. The van der Waals surface area contributed by atoms with Gasteiger partial charge >= 0.3 is 6.09 Å². The minimum atomic E-state index is -0.380. The molecule has 1 aliphatic carbocycles. The summed E-state index contributed by atoms with van der Waals surface area (Å²) in [5, 5.41) is 0. The van der Waals surface area contributed by atoms with Gasteiger partial charge in [0.05, 0.1) is 0 Å². The number of nitrogens with zero attached hydrogens (tertiary/aromatic N) is 1. The lowest BCUT2D eigenvalue weighted by molar-refractivity contribution is 0.0216. The molecule has 2 rings (SSSR count). The van der Waals surface area contributed by atoms with Crippen LogP contribution in [0, 0.1) is 11.8 Å². The number of amides is 1. The molecule has 1 saturated carbocycles. The van der Waals surface area contributed by atoms with E-state index in [0.29, 0.717) is 12.0 Å². The Morgan fingerprint density at radius 1 is 1.31 bits per heavy atom. The van der Waals surface area contributed by atoms with Gasteiger partial charge in [0.15, 0.2) is 0 Å². The molecule has 1 saturated heterocycles. The zero-order valence-corrected chi connectivity index (χ0v) is 10.8. The summed E-state index contributed by atoms with van der Waals surface area (Å²) < 4.78 is 5.44. The first kappa shape index (κ1) is 11.7. The van der Waals surface area contributed by atoms with Crippen LogP contribution >= 0.6 is 0 Å². The highest BCUT2D eigenvalue weighted by molar-refractivity contribution is 5.69. The summed E-state index contributed by atoms with van der Waals surface area (Å²) in [6, 6.07) is 0.363. The fourth-order valence-electron chi connectivity index (χ4n) is 3.14. The molecule has 0 bridgehead atoms. The van der Waals surface area contributed by atoms with Crippen LogP contribution in [-0.4, -0.2) is 29.2 Å². The van der Waals surface area contributed by atoms with Gasteiger partial charge in [-0.15, -0.1) is 0 Å². The van der Waals surface area contributed by atoms with Crippen molar-refractivity contribution in [1.82, 2.24) is 4.90 Å². The van der Waals surface area contributed by atoms with Gasteiger partial charge < -0.3 is 9.64 Å². The Bertz CT molecular complexity index is 282. The molecule has 3 nitrogen and oxygen atoms in total. The van der Waals surface area contributed by atoms with Crippen LogP contribution in [0.5, 0.6) is 0 Å².